The maximum Gasteiger partial charge on any atom is 0.341 e. The molecule has 0 aliphatic carbocycles. The van der Waals surface area contributed by atoms with Gasteiger partial charge in [-0.25, -0.2) is 4.79 Å². The van der Waals surface area contributed by atoms with Crippen molar-refractivity contribution >= 4 is 40.0 Å². The first-order valence-corrected chi connectivity index (χ1v) is 12.0. The fraction of sp³-hybridized carbons (Fsp3) is 0.231. The number of nitrogens with one attached hydrogen (secondary N) is 1. The van der Waals surface area contributed by atoms with Crippen molar-refractivity contribution in [2.24, 2.45) is 0 Å². The van der Waals surface area contributed by atoms with E-state index in [1.54, 1.807) is 62.7 Å². The van der Waals surface area contributed by atoms with Gasteiger partial charge in [-0.15, -0.1) is 11.3 Å². The van der Waals surface area contributed by atoms with Gasteiger partial charge in [0.1, 0.15) is 22.4 Å². The third-order valence-corrected chi connectivity index (χ3v) is 6.63. The largest absolute Gasteiger partial charge is 0.497 e. The van der Waals surface area contributed by atoms with E-state index in [9.17, 15) is 19.2 Å². The summed E-state index contributed by atoms with van der Waals surface area (Å²) in [5, 5.41) is 4.81. The standard InChI is InChI=1S/C26H24N2O6S/c1-4-20(28-24(30)17-8-6-7-9-18(17)25(28)31)22(29)27-23-21(26(32)34-5-2)19(14-35-23)15-10-12-16(33-3)13-11-15/h6-14,20H,4-5H2,1-3H3,(H,27,29). The summed E-state index contributed by atoms with van der Waals surface area (Å²) in [4.78, 5) is 53.0. The minimum atomic E-state index is -1.04. The number of anilines is 1. The highest BCUT2D eigenvalue weighted by atomic mass is 32.1. The molecule has 8 nitrogen and oxygen atoms in total. The number of hydrogen-bond donors (Lipinski definition) is 1. The fourth-order valence-corrected chi connectivity index (χ4v) is 4.97. The van der Waals surface area contributed by atoms with Crippen LogP contribution in [0.3, 0.4) is 0 Å². The molecule has 1 unspecified atom stereocenters. The molecule has 0 saturated carbocycles. The molecule has 1 aliphatic heterocycles. The number of carbonyl (C=O) groups excluding carboxylic acids is 4. The van der Waals surface area contributed by atoms with Crippen LogP contribution in [0.25, 0.3) is 11.1 Å². The number of ether oxygens (including phenoxy) is 2. The molecule has 9 heteroatoms. The van der Waals surface area contributed by atoms with Gasteiger partial charge >= 0.3 is 5.97 Å². The van der Waals surface area contributed by atoms with Gasteiger partial charge in [-0.1, -0.05) is 31.2 Å². The van der Waals surface area contributed by atoms with E-state index in [1.807, 2.05) is 12.1 Å². The summed E-state index contributed by atoms with van der Waals surface area (Å²) < 4.78 is 10.5. The summed E-state index contributed by atoms with van der Waals surface area (Å²) in [7, 11) is 1.57. The van der Waals surface area contributed by atoms with Crippen LogP contribution in [0.4, 0.5) is 5.00 Å². The number of methoxy groups -OCH3 is 1. The molecule has 1 N–H and O–H groups in total. The number of imide groups is 1. The zero-order valence-electron chi connectivity index (χ0n) is 19.5. The van der Waals surface area contributed by atoms with Crippen molar-refractivity contribution in [3.8, 4) is 16.9 Å². The monoisotopic (exact) mass is 492 g/mol. The summed E-state index contributed by atoms with van der Waals surface area (Å²) in [5.41, 5.74) is 2.11. The number of nitrogens with zero attached hydrogens (tertiary/aromatic N) is 1. The van der Waals surface area contributed by atoms with E-state index in [2.05, 4.69) is 5.32 Å². The van der Waals surface area contributed by atoms with Crippen LogP contribution in [0.15, 0.2) is 53.9 Å². The highest BCUT2D eigenvalue weighted by Gasteiger charge is 2.42. The number of thiophene rings is 1. The molecule has 35 heavy (non-hydrogen) atoms. The predicted octanol–water partition coefficient (Wildman–Crippen LogP) is 4.61. The van der Waals surface area contributed by atoms with Gasteiger partial charge in [0.25, 0.3) is 11.8 Å². The number of benzene rings is 2. The van der Waals surface area contributed by atoms with Crippen LogP contribution in [-0.2, 0) is 9.53 Å². The van der Waals surface area contributed by atoms with Crippen LogP contribution >= 0.6 is 11.3 Å². The Kier molecular flexibility index (Phi) is 6.97. The zero-order chi connectivity index (χ0) is 25.1. The van der Waals surface area contributed by atoms with Crippen LogP contribution < -0.4 is 10.1 Å². The first-order chi connectivity index (χ1) is 16.9. The third-order valence-electron chi connectivity index (χ3n) is 5.73. The Morgan fingerprint density at radius 1 is 0.971 bits per heavy atom. The number of carbonyl (C=O) groups is 4. The number of amides is 3. The smallest absolute Gasteiger partial charge is 0.341 e. The maximum atomic E-state index is 13.3. The second-order valence-corrected chi connectivity index (χ2v) is 8.62. The Labute approximate surface area is 206 Å². The van der Waals surface area contributed by atoms with Crippen LogP contribution in [0.2, 0.25) is 0 Å². The minimum absolute atomic E-state index is 0.163. The lowest BCUT2D eigenvalue weighted by atomic mass is 10.0. The van der Waals surface area contributed by atoms with Crippen molar-refractivity contribution in [2.75, 3.05) is 19.0 Å². The number of hydrogen-bond acceptors (Lipinski definition) is 7. The van der Waals surface area contributed by atoms with E-state index >= 15 is 0 Å². The first kappa shape index (κ1) is 24.2. The molecule has 2 heterocycles. The van der Waals surface area contributed by atoms with Crippen molar-refractivity contribution in [3.05, 3.63) is 70.6 Å². The molecule has 3 aromatic rings. The van der Waals surface area contributed by atoms with Gasteiger partial charge in [-0.3, -0.25) is 19.3 Å². The molecular weight excluding hydrogens is 468 g/mol. The highest BCUT2D eigenvalue weighted by Crippen LogP contribution is 2.37. The molecule has 0 saturated heterocycles. The Balaban J connectivity index is 1.65. The molecule has 0 bridgehead atoms. The average molecular weight is 493 g/mol. The van der Waals surface area contributed by atoms with E-state index in [0.29, 0.717) is 11.3 Å². The van der Waals surface area contributed by atoms with Crippen molar-refractivity contribution in [1.29, 1.82) is 0 Å². The van der Waals surface area contributed by atoms with E-state index in [-0.39, 0.29) is 34.7 Å². The molecule has 1 aliphatic rings. The Morgan fingerprint density at radius 2 is 1.60 bits per heavy atom. The summed E-state index contributed by atoms with van der Waals surface area (Å²) >= 11 is 1.17. The normalized spacial score (nSPS) is 13.4. The van der Waals surface area contributed by atoms with Gasteiger partial charge in [-0.05, 0) is 43.2 Å². The molecule has 0 spiro atoms. The topological polar surface area (TPSA) is 102 Å². The minimum Gasteiger partial charge on any atom is -0.497 e. The van der Waals surface area contributed by atoms with Crippen molar-refractivity contribution in [3.63, 3.8) is 0 Å². The maximum absolute atomic E-state index is 13.3. The number of esters is 1. The molecule has 4 rings (SSSR count). The number of rotatable bonds is 8. The lowest BCUT2D eigenvalue weighted by molar-refractivity contribution is -0.120. The summed E-state index contributed by atoms with van der Waals surface area (Å²) in [5.74, 6) is -1.49. The van der Waals surface area contributed by atoms with Gasteiger partial charge in [0.15, 0.2) is 0 Å². The van der Waals surface area contributed by atoms with Crippen LogP contribution in [0.5, 0.6) is 5.75 Å². The lowest BCUT2D eigenvalue weighted by Crippen LogP contribution is -2.46. The quantitative estimate of drug-likeness (QED) is 0.364. The van der Waals surface area contributed by atoms with E-state index < -0.39 is 29.7 Å². The summed E-state index contributed by atoms with van der Waals surface area (Å²) in [6, 6.07) is 12.6. The Hall–Kier alpha value is -3.98. The predicted molar refractivity (Wildman–Crippen MR) is 132 cm³/mol. The first-order valence-electron chi connectivity index (χ1n) is 11.1. The van der Waals surface area contributed by atoms with Crippen molar-refractivity contribution < 1.29 is 28.7 Å². The average Bonchev–Trinajstić information content (AvgIpc) is 3.39. The van der Waals surface area contributed by atoms with Gasteiger partial charge in [0.2, 0.25) is 5.91 Å². The van der Waals surface area contributed by atoms with Gasteiger partial charge in [0, 0.05) is 10.9 Å². The second kappa shape index (κ2) is 10.1. The molecule has 1 atom stereocenters. The summed E-state index contributed by atoms with van der Waals surface area (Å²) in [6.45, 7) is 3.58. The Bertz CT molecular complexity index is 1260. The zero-order valence-corrected chi connectivity index (χ0v) is 20.3. The lowest BCUT2D eigenvalue weighted by Gasteiger charge is -2.24. The SMILES string of the molecule is CCOC(=O)c1c(-c2ccc(OC)cc2)csc1NC(=O)C(CC)N1C(=O)c2ccccc2C1=O. The third kappa shape index (κ3) is 4.42. The molecule has 0 fully saturated rings. The molecule has 1 aromatic heterocycles. The molecule has 0 radical (unpaired) electrons. The highest BCUT2D eigenvalue weighted by molar-refractivity contribution is 7.15. The molecule has 180 valence electrons. The van der Waals surface area contributed by atoms with Crippen LogP contribution in [0.1, 0.15) is 51.3 Å². The Morgan fingerprint density at radius 3 is 2.14 bits per heavy atom. The molecule has 3 amide bonds. The summed E-state index contributed by atoms with van der Waals surface area (Å²) in [6.07, 6.45) is 0.211. The van der Waals surface area contributed by atoms with Crippen molar-refractivity contribution in [1.82, 2.24) is 4.90 Å². The second-order valence-electron chi connectivity index (χ2n) is 7.74. The van der Waals surface area contributed by atoms with E-state index in [0.717, 1.165) is 10.5 Å². The van der Waals surface area contributed by atoms with Gasteiger partial charge < -0.3 is 14.8 Å². The van der Waals surface area contributed by atoms with Gasteiger partial charge in [0.05, 0.1) is 24.8 Å². The van der Waals surface area contributed by atoms with E-state index in [4.69, 9.17) is 9.47 Å². The molecule has 2 aromatic carbocycles. The van der Waals surface area contributed by atoms with E-state index in [1.165, 1.54) is 11.3 Å². The number of fused-ring (bicyclic) bond motifs is 1. The molecular formula is C26H24N2O6S. The van der Waals surface area contributed by atoms with Crippen molar-refractivity contribution in [2.45, 2.75) is 26.3 Å². The van der Waals surface area contributed by atoms with Crippen LogP contribution in [0, 0.1) is 0 Å². The van der Waals surface area contributed by atoms with Gasteiger partial charge in [-0.2, -0.15) is 0 Å². The van der Waals surface area contributed by atoms with Crippen LogP contribution in [-0.4, -0.2) is 48.3 Å². The fourth-order valence-electron chi connectivity index (χ4n) is 4.01.